The Kier molecular flexibility index (Phi) is 4.45. The number of thioether (sulfide) groups is 1. The van der Waals surface area contributed by atoms with Crippen LogP contribution in [0.4, 0.5) is 0 Å². The molecule has 2 rings (SSSR count). The lowest BCUT2D eigenvalue weighted by atomic mass is 10.1. The van der Waals surface area contributed by atoms with E-state index < -0.39 is 11.4 Å². The number of pyridine rings is 1. The monoisotopic (exact) mass is 301 g/mol. The Morgan fingerprint density at radius 3 is 2.81 bits per heavy atom. The molecule has 6 heteroatoms. The first-order chi connectivity index (χ1) is 9.99. The van der Waals surface area contributed by atoms with Gasteiger partial charge in [0.15, 0.2) is 5.12 Å². The standard InChI is InChI=1S/C15H11NO4S/c1-9(17)21-6-2-3-10-4-5-13-11(7-10)14(18)12(8-16-13)15(19)20/h4-5,7-8H,6H2,1H3,(H,16,18)(H,19,20). The van der Waals surface area contributed by atoms with Crippen LogP contribution in [0.25, 0.3) is 10.9 Å². The molecule has 0 saturated carbocycles. The number of carbonyl (C=O) groups is 2. The minimum atomic E-state index is -1.27. The van der Waals surface area contributed by atoms with Gasteiger partial charge in [-0.2, -0.15) is 0 Å². The number of aromatic nitrogens is 1. The molecule has 0 radical (unpaired) electrons. The van der Waals surface area contributed by atoms with Gasteiger partial charge < -0.3 is 10.1 Å². The maximum atomic E-state index is 12.0. The zero-order valence-corrected chi connectivity index (χ0v) is 11.9. The molecule has 2 N–H and O–H groups in total. The minimum Gasteiger partial charge on any atom is -0.477 e. The van der Waals surface area contributed by atoms with Gasteiger partial charge >= 0.3 is 5.97 Å². The van der Waals surface area contributed by atoms with E-state index in [1.54, 1.807) is 18.2 Å². The molecular formula is C15H11NO4S. The third-order valence-electron chi connectivity index (χ3n) is 2.69. The van der Waals surface area contributed by atoms with Crippen molar-refractivity contribution in [1.29, 1.82) is 0 Å². The number of H-pyrrole nitrogens is 1. The summed E-state index contributed by atoms with van der Waals surface area (Å²) in [5.41, 5.74) is 0.297. The van der Waals surface area contributed by atoms with Crippen molar-refractivity contribution in [2.45, 2.75) is 6.92 Å². The van der Waals surface area contributed by atoms with Gasteiger partial charge in [0.1, 0.15) is 5.56 Å². The molecule has 106 valence electrons. The third-order valence-corrected chi connectivity index (χ3v) is 3.39. The van der Waals surface area contributed by atoms with Gasteiger partial charge in [-0.05, 0) is 18.2 Å². The quantitative estimate of drug-likeness (QED) is 0.827. The summed E-state index contributed by atoms with van der Waals surface area (Å²) in [5.74, 6) is 4.77. The third kappa shape index (κ3) is 3.52. The number of aromatic carboxylic acids is 1. The van der Waals surface area contributed by atoms with E-state index in [9.17, 15) is 14.4 Å². The number of carbonyl (C=O) groups excluding carboxylic acids is 1. The average Bonchev–Trinajstić information content (AvgIpc) is 2.44. The zero-order chi connectivity index (χ0) is 15.4. The molecule has 0 aliphatic carbocycles. The number of aromatic amines is 1. The Morgan fingerprint density at radius 2 is 2.14 bits per heavy atom. The van der Waals surface area contributed by atoms with Crippen LogP contribution in [-0.4, -0.2) is 26.9 Å². The van der Waals surface area contributed by atoms with Gasteiger partial charge in [0.25, 0.3) is 0 Å². The molecular weight excluding hydrogens is 290 g/mol. The van der Waals surface area contributed by atoms with E-state index in [1.807, 2.05) is 0 Å². The predicted octanol–water partition coefficient (Wildman–Crippen LogP) is 1.86. The Labute approximate surface area is 124 Å². The van der Waals surface area contributed by atoms with Gasteiger partial charge in [-0.15, -0.1) is 0 Å². The Bertz CT molecular complexity index is 842. The summed E-state index contributed by atoms with van der Waals surface area (Å²) in [6.07, 6.45) is 1.18. The number of rotatable bonds is 2. The molecule has 0 amide bonds. The topological polar surface area (TPSA) is 87.2 Å². The minimum absolute atomic E-state index is 0.00893. The first-order valence-corrected chi connectivity index (χ1v) is 6.98. The molecule has 0 spiro atoms. The number of nitrogens with one attached hydrogen (secondary N) is 1. The summed E-state index contributed by atoms with van der Waals surface area (Å²) >= 11 is 1.11. The van der Waals surface area contributed by atoms with Crippen molar-refractivity contribution in [3.05, 3.63) is 45.7 Å². The van der Waals surface area contributed by atoms with Crippen molar-refractivity contribution >= 4 is 33.7 Å². The summed E-state index contributed by atoms with van der Waals surface area (Å²) in [5, 5.41) is 9.21. The molecule has 0 atom stereocenters. The van der Waals surface area contributed by atoms with Gasteiger partial charge in [0.05, 0.1) is 5.75 Å². The van der Waals surface area contributed by atoms with Crippen molar-refractivity contribution in [2.24, 2.45) is 0 Å². The fourth-order valence-electron chi connectivity index (χ4n) is 1.73. The SMILES string of the molecule is CC(=O)SCC#Cc1ccc2[nH]cc(C(=O)O)c(=O)c2c1. The largest absolute Gasteiger partial charge is 0.477 e. The fraction of sp³-hybridized carbons (Fsp3) is 0.133. The van der Waals surface area contributed by atoms with E-state index in [2.05, 4.69) is 16.8 Å². The van der Waals surface area contributed by atoms with Crippen LogP contribution in [0.5, 0.6) is 0 Å². The lowest BCUT2D eigenvalue weighted by Crippen LogP contribution is -2.15. The molecule has 0 saturated heterocycles. The number of carboxylic acid groups (broad SMARTS) is 1. The highest BCUT2D eigenvalue weighted by molar-refractivity contribution is 8.13. The molecule has 0 bridgehead atoms. The van der Waals surface area contributed by atoms with Crippen molar-refractivity contribution < 1.29 is 14.7 Å². The molecule has 0 unspecified atom stereocenters. The maximum Gasteiger partial charge on any atom is 0.341 e. The second-order valence-corrected chi connectivity index (χ2v) is 5.33. The van der Waals surface area contributed by atoms with Gasteiger partial charge in [-0.3, -0.25) is 9.59 Å². The van der Waals surface area contributed by atoms with Crippen LogP contribution in [0.1, 0.15) is 22.8 Å². The van der Waals surface area contributed by atoms with Crippen LogP contribution in [0.3, 0.4) is 0 Å². The first-order valence-electron chi connectivity index (χ1n) is 6.00. The van der Waals surface area contributed by atoms with Gasteiger partial charge in [-0.1, -0.05) is 23.6 Å². The van der Waals surface area contributed by atoms with Crippen molar-refractivity contribution in [3.63, 3.8) is 0 Å². The number of hydrogen-bond acceptors (Lipinski definition) is 4. The normalized spacial score (nSPS) is 9.95. The van der Waals surface area contributed by atoms with E-state index >= 15 is 0 Å². The highest BCUT2D eigenvalue weighted by Crippen LogP contribution is 2.11. The molecule has 0 aliphatic rings. The fourth-order valence-corrected chi connectivity index (χ4v) is 2.08. The second-order valence-electron chi connectivity index (χ2n) is 4.18. The van der Waals surface area contributed by atoms with E-state index in [0.29, 0.717) is 16.8 Å². The van der Waals surface area contributed by atoms with E-state index in [4.69, 9.17) is 5.11 Å². The van der Waals surface area contributed by atoms with Crippen molar-refractivity contribution in [2.75, 3.05) is 5.75 Å². The number of carboxylic acids is 1. The number of benzene rings is 1. The predicted molar refractivity (Wildman–Crippen MR) is 81.5 cm³/mol. The Hall–Kier alpha value is -2.52. The van der Waals surface area contributed by atoms with E-state index in [1.165, 1.54) is 13.1 Å². The highest BCUT2D eigenvalue weighted by atomic mass is 32.2. The van der Waals surface area contributed by atoms with Crippen LogP contribution in [0.15, 0.2) is 29.2 Å². The van der Waals surface area contributed by atoms with Crippen LogP contribution in [0, 0.1) is 11.8 Å². The summed E-state index contributed by atoms with van der Waals surface area (Å²) in [6, 6.07) is 4.95. The maximum absolute atomic E-state index is 12.0. The average molecular weight is 301 g/mol. The molecule has 5 nitrogen and oxygen atoms in total. The molecule has 21 heavy (non-hydrogen) atoms. The molecule has 1 heterocycles. The highest BCUT2D eigenvalue weighted by Gasteiger charge is 2.11. The van der Waals surface area contributed by atoms with E-state index in [0.717, 1.165) is 11.8 Å². The Morgan fingerprint density at radius 1 is 1.38 bits per heavy atom. The van der Waals surface area contributed by atoms with Crippen molar-refractivity contribution in [3.8, 4) is 11.8 Å². The molecule has 0 aliphatic heterocycles. The molecule has 0 fully saturated rings. The smallest absolute Gasteiger partial charge is 0.341 e. The molecule has 1 aromatic heterocycles. The van der Waals surface area contributed by atoms with Crippen LogP contribution in [-0.2, 0) is 4.79 Å². The number of hydrogen-bond donors (Lipinski definition) is 2. The number of fused-ring (bicyclic) bond motifs is 1. The van der Waals surface area contributed by atoms with Crippen molar-refractivity contribution in [1.82, 2.24) is 4.98 Å². The second kappa shape index (κ2) is 6.29. The first kappa shape index (κ1) is 14.9. The lowest BCUT2D eigenvalue weighted by molar-refractivity contribution is -0.109. The van der Waals surface area contributed by atoms with E-state index in [-0.39, 0.29) is 16.1 Å². The van der Waals surface area contributed by atoms with Crippen LogP contribution >= 0.6 is 11.8 Å². The summed E-state index contributed by atoms with van der Waals surface area (Å²) in [7, 11) is 0. The van der Waals surface area contributed by atoms with Crippen LogP contribution < -0.4 is 5.43 Å². The van der Waals surface area contributed by atoms with Gasteiger partial charge in [-0.25, -0.2) is 4.79 Å². The van der Waals surface area contributed by atoms with Gasteiger partial charge in [0, 0.05) is 29.6 Å². The molecule has 1 aromatic carbocycles. The lowest BCUT2D eigenvalue weighted by Gasteiger charge is -2.00. The Balaban J connectivity index is 2.40. The molecule has 2 aromatic rings. The van der Waals surface area contributed by atoms with Crippen LogP contribution in [0.2, 0.25) is 0 Å². The summed E-state index contributed by atoms with van der Waals surface area (Å²) in [4.78, 5) is 36.5. The summed E-state index contributed by atoms with van der Waals surface area (Å²) in [6.45, 7) is 1.47. The zero-order valence-electron chi connectivity index (χ0n) is 11.1. The summed E-state index contributed by atoms with van der Waals surface area (Å²) < 4.78 is 0. The van der Waals surface area contributed by atoms with Gasteiger partial charge in [0.2, 0.25) is 5.43 Å².